The highest BCUT2D eigenvalue weighted by atomic mass is 32.1. The minimum atomic E-state index is -0.224. The molecule has 4 nitrogen and oxygen atoms in total. The third-order valence-electron chi connectivity index (χ3n) is 2.98. The maximum Gasteiger partial charge on any atom is 0.148 e. The maximum absolute atomic E-state index is 14.0. The Morgan fingerprint density at radius 2 is 2.21 bits per heavy atom. The van der Waals surface area contributed by atoms with Gasteiger partial charge in [-0.15, -0.1) is 5.10 Å². The Kier molecular flexibility index (Phi) is 4.31. The van der Waals surface area contributed by atoms with Crippen LogP contribution in [0.4, 0.5) is 15.8 Å². The molecule has 0 aliphatic rings. The molecule has 0 spiro atoms. The average Bonchev–Trinajstić information content (AvgIpc) is 2.88. The number of anilines is 2. The van der Waals surface area contributed by atoms with E-state index in [1.54, 1.807) is 6.07 Å². The molecule has 0 radical (unpaired) electrons. The summed E-state index contributed by atoms with van der Waals surface area (Å²) in [7, 11) is 1.89. The first-order chi connectivity index (χ1) is 9.08. The standard InChI is InChI=1S/C13H17FN4S/c1-9(2)18(3)13-5-4-10(6-12(13)14)15-7-11-8-19-17-16-11/h4-6,8-9,15H,7H2,1-3H3. The monoisotopic (exact) mass is 280 g/mol. The lowest BCUT2D eigenvalue weighted by molar-refractivity contribution is 0.614. The lowest BCUT2D eigenvalue weighted by atomic mass is 10.2. The van der Waals surface area contributed by atoms with Gasteiger partial charge < -0.3 is 10.2 Å². The SMILES string of the molecule is CC(C)N(C)c1ccc(NCc2csnn2)cc1F. The Bertz CT molecular complexity index is 527. The van der Waals surface area contributed by atoms with Gasteiger partial charge in [0.25, 0.3) is 0 Å². The topological polar surface area (TPSA) is 41.0 Å². The number of benzene rings is 1. The van der Waals surface area contributed by atoms with Crippen molar-refractivity contribution in [3.05, 3.63) is 35.1 Å². The molecule has 0 aliphatic heterocycles. The number of hydrogen-bond acceptors (Lipinski definition) is 5. The number of nitrogens with one attached hydrogen (secondary N) is 1. The summed E-state index contributed by atoms with van der Waals surface area (Å²) >= 11 is 1.31. The summed E-state index contributed by atoms with van der Waals surface area (Å²) in [6.45, 7) is 4.61. The van der Waals surface area contributed by atoms with E-state index >= 15 is 0 Å². The van der Waals surface area contributed by atoms with E-state index < -0.39 is 0 Å². The van der Waals surface area contributed by atoms with Crippen molar-refractivity contribution in [3.8, 4) is 0 Å². The molecule has 1 N–H and O–H groups in total. The summed E-state index contributed by atoms with van der Waals surface area (Å²) in [5.74, 6) is -0.224. The van der Waals surface area contributed by atoms with E-state index in [1.165, 1.54) is 17.6 Å². The average molecular weight is 280 g/mol. The molecular weight excluding hydrogens is 263 g/mol. The van der Waals surface area contributed by atoms with Crippen LogP contribution in [-0.4, -0.2) is 22.7 Å². The zero-order valence-corrected chi connectivity index (χ0v) is 12.0. The molecule has 1 heterocycles. The molecule has 0 saturated heterocycles. The van der Waals surface area contributed by atoms with Crippen molar-refractivity contribution < 1.29 is 4.39 Å². The fourth-order valence-corrected chi connectivity index (χ4v) is 2.09. The van der Waals surface area contributed by atoms with Gasteiger partial charge in [-0.3, -0.25) is 0 Å². The molecule has 0 atom stereocenters. The van der Waals surface area contributed by atoms with Crippen LogP contribution in [0.1, 0.15) is 19.5 Å². The molecule has 0 fully saturated rings. The molecule has 2 rings (SSSR count). The molecule has 0 saturated carbocycles. The Morgan fingerprint density at radius 3 is 2.79 bits per heavy atom. The van der Waals surface area contributed by atoms with Crippen LogP contribution in [0.5, 0.6) is 0 Å². The molecule has 6 heteroatoms. The third-order valence-corrected chi connectivity index (χ3v) is 3.53. The molecule has 1 aromatic carbocycles. The molecule has 19 heavy (non-hydrogen) atoms. The van der Waals surface area contributed by atoms with Gasteiger partial charge in [0.15, 0.2) is 0 Å². The second-order valence-electron chi connectivity index (χ2n) is 4.62. The zero-order chi connectivity index (χ0) is 13.8. The number of halogens is 1. The van der Waals surface area contributed by atoms with Gasteiger partial charge in [0.05, 0.1) is 17.9 Å². The first-order valence-corrected chi connectivity index (χ1v) is 6.93. The normalized spacial score (nSPS) is 10.8. The second kappa shape index (κ2) is 5.97. The van der Waals surface area contributed by atoms with E-state index in [9.17, 15) is 4.39 Å². The van der Waals surface area contributed by atoms with Crippen LogP contribution in [0.25, 0.3) is 0 Å². The first-order valence-electron chi connectivity index (χ1n) is 6.10. The van der Waals surface area contributed by atoms with Crippen molar-refractivity contribution in [2.45, 2.75) is 26.4 Å². The fourth-order valence-electron chi connectivity index (χ4n) is 1.63. The first kappa shape index (κ1) is 13.7. The summed E-state index contributed by atoms with van der Waals surface area (Å²) < 4.78 is 17.8. The summed E-state index contributed by atoms with van der Waals surface area (Å²) in [6, 6.07) is 5.43. The largest absolute Gasteiger partial charge is 0.379 e. The summed E-state index contributed by atoms with van der Waals surface area (Å²) in [4.78, 5) is 1.91. The number of aromatic nitrogens is 2. The van der Waals surface area contributed by atoms with E-state index in [0.29, 0.717) is 12.2 Å². The fraction of sp³-hybridized carbons (Fsp3) is 0.385. The van der Waals surface area contributed by atoms with Crippen molar-refractivity contribution >= 4 is 22.9 Å². The van der Waals surface area contributed by atoms with Gasteiger partial charge in [-0.25, -0.2) is 4.39 Å². The highest BCUT2D eigenvalue weighted by Gasteiger charge is 2.10. The second-order valence-corrected chi connectivity index (χ2v) is 5.23. The Morgan fingerprint density at radius 1 is 1.42 bits per heavy atom. The minimum Gasteiger partial charge on any atom is -0.379 e. The van der Waals surface area contributed by atoms with Crippen LogP contribution in [0.3, 0.4) is 0 Å². The van der Waals surface area contributed by atoms with Crippen LogP contribution < -0.4 is 10.2 Å². The smallest absolute Gasteiger partial charge is 0.148 e. The predicted octanol–water partition coefficient (Wildman–Crippen LogP) is 3.13. The zero-order valence-electron chi connectivity index (χ0n) is 11.2. The number of hydrogen-bond donors (Lipinski definition) is 1. The lowest BCUT2D eigenvalue weighted by Crippen LogP contribution is -2.26. The summed E-state index contributed by atoms with van der Waals surface area (Å²) in [6.07, 6.45) is 0. The summed E-state index contributed by atoms with van der Waals surface area (Å²) in [5, 5.41) is 8.92. The van der Waals surface area contributed by atoms with E-state index in [2.05, 4.69) is 14.9 Å². The highest BCUT2D eigenvalue weighted by Crippen LogP contribution is 2.23. The Balaban J connectivity index is 2.06. The lowest BCUT2D eigenvalue weighted by Gasteiger charge is -2.24. The van der Waals surface area contributed by atoms with Gasteiger partial charge in [-0.2, -0.15) is 0 Å². The van der Waals surface area contributed by atoms with Crippen molar-refractivity contribution in [1.82, 2.24) is 9.59 Å². The molecular formula is C13H17FN4S. The quantitative estimate of drug-likeness (QED) is 0.913. The van der Waals surface area contributed by atoms with Crippen LogP contribution in [-0.2, 0) is 6.54 Å². The van der Waals surface area contributed by atoms with Crippen molar-refractivity contribution in [1.29, 1.82) is 0 Å². The Labute approximate surface area is 116 Å². The number of rotatable bonds is 5. The van der Waals surface area contributed by atoms with Gasteiger partial charge in [0.1, 0.15) is 5.82 Å². The van der Waals surface area contributed by atoms with Gasteiger partial charge >= 0.3 is 0 Å². The van der Waals surface area contributed by atoms with Gasteiger partial charge in [0.2, 0.25) is 0 Å². The molecule has 102 valence electrons. The van der Waals surface area contributed by atoms with E-state index in [-0.39, 0.29) is 11.9 Å². The molecule has 0 bridgehead atoms. The summed E-state index contributed by atoms with van der Waals surface area (Å²) in [5.41, 5.74) is 2.20. The van der Waals surface area contributed by atoms with Crippen molar-refractivity contribution in [2.75, 3.05) is 17.3 Å². The molecule has 2 aromatic rings. The van der Waals surface area contributed by atoms with Crippen LogP contribution in [0.15, 0.2) is 23.6 Å². The number of nitrogens with zero attached hydrogens (tertiary/aromatic N) is 3. The van der Waals surface area contributed by atoms with E-state index in [1.807, 2.05) is 37.2 Å². The van der Waals surface area contributed by atoms with Crippen LogP contribution in [0, 0.1) is 5.82 Å². The Hall–Kier alpha value is -1.69. The van der Waals surface area contributed by atoms with E-state index in [0.717, 1.165) is 11.4 Å². The molecule has 1 aromatic heterocycles. The third kappa shape index (κ3) is 3.41. The van der Waals surface area contributed by atoms with Crippen molar-refractivity contribution in [3.63, 3.8) is 0 Å². The van der Waals surface area contributed by atoms with E-state index in [4.69, 9.17) is 0 Å². The predicted molar refractivity (Wildman–Crippen MR) is 77.2 cm³/mol. The molecule has 0 amide bonds. The van der Waals surface area contributed by atoms with Crippen LogP contribution in [0.2, 0.25) is 0 Å². The molecule has 0 aliphatic carbocycles. The van der Waals surface area contributed by atoms with Gasteiger partial charge in [-0.1, -0.05) is 4.49 Å². The van der Waals surface area contributed by atoms with Crippen molar-refractivity contribution in [2.24, 2.45) is 0 Å². The molecule has 0 unspecified atom stereocenters. The maximum atomic E-state index is 14.0. The van der Waals surface area contributed by atoms with Gasteiger partial charge in [0, 0.05) is 24.2 Å². The minimum absolute atomic E-state index is 0.224. The van der Waals surface area contributed by atoms with Gasteiger partial charge in [-0.05, 0) is 43.6 Å². The van der Waals surface area contributed by atoms with Crippen LogP contribution >= 0.6 is 11.5 Å². The highest BCUT2D eigenvalue weighted by molar-refractivity contribution is 7.03.